The summed E-state index contributed by atoms with van der Waals surface area (Å²) >= 11 is 0. The van der Waals surface area contributed by atoms with Gasteiger partial charge in [-0.2, -0.15) is 0 Å². The van der Waals surface area contributed by atoms with Crippen LogP contribution in [0.3, 0.4) is 0 Å². The number of aryl methyl sites for hydroxylation is 1. The van der Waals surface area contributed by atoms with Gasteiger partial charge < -0.3 is 14.8 Å². The maximum atomic E-state index is 13.5. The average molecular weight is 475 g/mol. The number of rotatable bonds is 10. The molecule has 0 aromatic carbocycles. The molecule has 8 nitrogen and oxygen atoms in total. The van der Waals surface area contributed by atoms with Gasteiger partial charge in [0.1, 0.15) is 0 Å². The molecule has 3 heterocycles. The number of aromatic nitrogens is 3. The third kappa shape index (κ3) is 5.48. The largest absolute Gasteiger partial charge is 0.466 e. The van der Waals surface area contributed by atoms with E-state index in [1.165, 1.54) is 0 Å². The summed E-state index contributed by atoms with van der Waals surface area (Å²) in [6.07, 6.45) is 7.35. The van der Waals surface area contributed by atoms with Gasteiger partial charge in [-0.3, -0.25) is 19.6 Å². The van der Waals surface area contributed by atoms with Crippen molar-refractivity contribution < 1.29 is 19.1 Å². The lowest BCUT2D eigenvalue weighted by Gasteiger charge is -2.15. The number of nitrogens with one attached hydrogen (secondary N) is 1. The highest BCUT2D eigenvalue weighted by molar-refractivity contribution is 6.03. The summed E-state index contributed by atoms with van der Waals surface area (Å²) in [5.41, 5.74) is 3.03. The number of hydrogen-bond acceptors (Lipinski definition) is 8. The van der Waals surface area contributed by atoms with Gasteiger partial charge in [-0.25, -0.2) is 4.98 Å². The molecule has 3 aromatic heterocycles. The van der Waals surface area contributed by atoms with Gasteiger partial charge in [0.2, 0.25) is 5.88 Å². The SMILES string of the molecule is CCCC1=C(NCCC(=O)OCC)CC(c2ncccc2Oc2nc(C)cc3ccncc23)C1=O. The van der Waals surface area contributed by atoms with Gasteiger partial charge in [-0.15, -0.1) is 0 Å². The first kappa shape index (κ1) is 24.3. The fourth-order valence-corrected chi connectivity index (χ4v) is 4.37. The number of Topliss-reactive ketones (excluding diaryl/α,β-unsaturated/α-hetero) is 1. The molecule has 182 valence electrons. The van der Waals surface area contributed by atoms with Crippen LogP contribution in [-0.2, 0) is 14.3 Å². The maximum absolute atomic E-state index is 13.5. The highest BCUT2D eigenvalue weighted by Gasteiger charge is 2.36. The zero-order valence-corrected chi connectivity index (χ0v) is 20.3. The molecule has 4 rings (SSSR count). The number of carbonyl (C=O) groups is 2. The molecule has 1 atom stereocenters. The van der Waals surface area contributed by atoms with Gasteiger partial charge >= 0.3 is 5.97 Å². The van der Waals surface area contributed by atoms with Crippen molar-refractivity contribution in [2.45, 2.75) is 52.4 Å². The first-order valence-corrected chi connectivity index (χ1v) is 12.0. The summed E-state index contributed by atoms with van der Waals surface area (Å²) in [6, 6.07) is 7.49. The van der Waals surface area contributed by atoms with E-state index in [4.69, 9.17) is 9.47 Å². The lowest BCUT2D eigenvalue weighted by atomic mass is 9.97. The van der Waals surface area contributed by atoms with Crippen LogP contribution in [0, 0.1) is 6.92 Å². The zero-order chi connectivity index (χ0) is 24.8. The van der Waals surface area contributed by atoms with Crippen molar-refractivity contribution in [2.75, 3.05) is 13.2 Å². The van der Waals surface area contributed by atoms with Gasteiger partial charge in [-0.05, 0) is 49.9 Å². The van der Waals surface area contributed by atoms with E-state index >= 15 is 0 Å². The van der Waals surface area contributed by atoms with Crippen LogP contribution >= 0.6 is 0 Å². The van der Waals surface area contributed by atoms with Crippen molar-refractivity contribution >= 4 is 22.5 Å². The average Bonchev–Trinajstić information content (AvgIpc) is 3.15. The minimum Gasteiger partial charge on any atom is -0.466 e. The van der Waals surface area contributed by atoms with Crippen molar-refractivity contribution in [2.24, 2.45) is 0 Å². The van der Waals surface area contributed by atoms with E-state index in [0.29, 0.717) is 43.3 Å². The quantitative estimate of drug-likeness (QED) is 0.419. The van der Waals surface area contributed by atoms with E-state index in [2.05, 4.69) is 20.3 Å². The van der Waals surface area contributed by atoms with Crippen LogP contribution in [0.5, 0.6) is 11.6 Å². The molecular formula is C27H30N4O4. The number of ketones is 1. The van der Waals surface area contributed by atoms with Gasteiger partial charge in [0.05, 0.1) is 30.0 Å². The maximum Gasteiger partial charge on any atom is 0.307 e. The van der Waals surface area contributed by atoms with Crippen LogP contribution in [0.25, 0.3) is 10.8 Å². The Kier molecular flexibility index (Phi) is 7.70. The van der Waals surface area contributed by atoms with Gasteiger partial charge in [-0.1, -0.05) is 13.3 Å². The van der Waals surface area contributed by atoms with Crippen molar-refractivity contribution in [1.29, 1.82) is 0 Å². The van der Waals surface area contributed by atoms with E-state index < -0.39 is 5.92 Å². The van der Waals surface area contributed by atoms with Crippen LogP contribution in [0.1, 0.15) is 56.8 Å². The molecule has 8 heteroatoms. The molecule has 0 saturated heterocycles. The fourth-order valence-electron chi connectivity index (χ4n) is 4.37. The molecule has 3 aromatic rings. The second-order valence-corrected chi connectivity index (χ2v) is 8.46. The summed E-state index contributed by atoms with van der Waals surface area (Å²) in [5.74, 6) is 0.246. The Morgan fingerprint density at radius 3 is 2.89 bits per heavy atom. The van der Waals surface area contributed by atoms with E-state index in [-0.39, 0.29) is 18.2 Å². The lowest BCUT2D eigenvalue weighted by Crippen LogP contribution is -2.19. The Balaban J connectivity index is 1.59. The molecule has 1 N–H and O–H groups in total. The van der Waals surface area contributed by atoms with Crippen molar-refractivity contribution in [3.63, 3.8) is 0 Å². The third-order valence-corrected chi connectivity index (χ3v) is 5.92. The molecule has 1 unspecified atom stereocenters. The van der Waals surface area contributed by atoms with Gasteiger partial charge in [0, 0.05) is 48.5 Å². The van der Waals surface area contributed by atoms with E-state index in [9.17, 15) is 9.59 Å². The number of ether oxygens (including phenoxy) is 2. The number of nitrogens with zero attached hydrogens (tertiary/aromatic N) is 3. The first-order valence-electron chi connectivity index (χ1n) is 12.0. The molecule has 35 heavy (non-hydrogen) atoms. The number of hydrogen-bond donors (Lipinski definition) is 1. The Morgan fingerprint density at radius 1 is 1.23 bits per heavy atom. The minimum atomic E-state index is -0.466. The summed E-state index contributed by atoms with van der Waals surface area (Å²) in [5, 5.41) is 5.07. The number of fused-ring (bicyclic) bond motifs is 1. The van der Waals surface area contributed by atoms with Crippen LogP contribution in [-0.4, -0.2) is 39.9 Å². The second-order valence-electron chi connectivity index (χ2n) is 8.46. The molecule has 0 radical (unpaired) electrons. The predicted octanol–water partition coefficient (Wildman–Crippen LogP) is 4.78. The number of allylic oxidation sites excluding steroid dienone is 2. The Morgan fingerprint density at radius 2 is 2.09 bits per heavy atom. The van der Waals surface area contributed by atoms with Gasteiger partial charge in [0.25, 0.3) is 0 Å². The molecule has 0 fully saturated rings. The van der Waals surface area contributed by atoms with E-state index in [0.717, 1.165) is 34.2 Å². The fraction of sp³-hybridized carbons (Fsp3) is 0.370. The zero-order valence-electron chi connectivity index (χ0n) is 20.3. The molecule has 1 aliphatic rings. The lowest BCUT2D eigenvalue weighted by molar-refractivity contribution is -0.142. The topological polar surface area (TPSA) is 103 Å². The van der Waals surface area contributed by atoms with Crippen molar-refractivity contribution in [3.8, 4) is 11.6 Å². The summed E-state index contributed by atoms with van der Waals surface area (Å²) in [7, 11) is 0. The normalized spacial score (nSPS) is 15.5. The first-order chi connectivity index (χ1) is 17.0. The summed E-state index contributed by atoms with van der Waals surface area (Å²) in [6.45, 7) is 6.51. The molecule has 0 aliphatic heterocycles. The molecule has 0 spiro atoms. The van der Waals surface area contributed by atoms with Gasteiger partial charge in [0.15, 0.2) is 11.5 Å². The number of pyridine rings is 3. The highest BCUT2D eigenvalue weighted by Crippen LogP contribution is 2.40. The van der Waals surface area contributed by atoms with Crippen LogP contribution in [0.4, 0.5) is 0 Å². The Bertz CT molecular complexity index is 1270. The van der Waals surface area contributed by atoms with Crippen LogP contribution in [0.15, 0.2) is 54.1 Å². The number of carbonyl (C=O) groups excluding carboxylic acids is 2. The predicted molar refractivity (Wildman–Crippen MR) is 132 cm³/mol. The molecule has 0 saturated carbocycles. The molecule has 0 amide bonds. The standard InChI is InChI=1S/C27H30N4O4/c1-4-7-19-22(29-13-10-24(32)34-5-2)15-20(26(19)33)25-23(8-6-11-30-25)35-27-21-16-28-12-9-18(21)14-17(3)31-27/h6,8-9,11-12,14,16,20,29H,4-5,7,10,13,15H2,1-3H3. The summed E-state index contributed by atoms with van der Waals surface area (Å²) in [4.78, 5) is 38.5. The second kappa shape index (κ2) is 11.1. The summed E-state index contributed by atoms with van der Waals surface area (Å²) < 4.78 is 11.3. The Labute approximate surface area is 204 Å². The van der Waals surface area contributed by atoms with Crippen LogP contribution < -0.4 is 10.1 Å². The molecule has 0 bridgehead atoms. The molecular weight excluding hydrogens is 444 g/mol. The Hall–Kier alpha value is -3.81. The van der Waals surface area contributed by atoms with Crippen molar-refractivity contribution in [1.82, 2.24) is 20.3 Å². The van der Waals surface area contributed by atoms with Crippen LogP contribution in [0.2, 0.25) is 0 Å². The highest BCUT2D eigenvalue weighted by atomic mass is 16.5. The smallest absolute Gasteiger partial charge is 0.307 e. The minimum absolute atomic E-state index is 0.0396. The van der Waals surface area contributed by atoms with E-state index in [1.807, 2.05) is 32.0 Å². The number of esters is 1. The van der Waals surface area contributed by atoms with Crippen molar-refractivity contribution in [3.05, 3.63) is 65.5 Å². The monoisotopic (exact) mass is 474 g/mol. The molecule has 1 aliphatic carbocycles. The third-order valence-electron chi connectivity index (χ3n) is 5.92. The van der Waals surface area contributed by atoms with E-state index in [1.54, 1.807) is 31.6 Å².